The lowest BCUT2D eigenvalue weighted by atomic mass is 9.71. The Hall–Kier alpha value is -2.47. The second-order valence-electron chi connectivity index (χ2n) is 7.19. The van der Waals surface area contributed by atoms with Crippen molar-refractivity contribution in [2.75, 3.05) is 6.16 Å². The molecule has 3 aromatic carbocycles. The van der Waals surface area contributed by atoms with Crippen molar-refractivity contribution in [3.63, 3.8) is 0 Å². The van der Waals surface area contributed by atoms with Crippen LogP contribution in [-0.4, -0.2) is 34.0 Å². The molecule has 0 heterocycles. The van der Waals surface area contributed by atoms with Crippen LogP contribution in [0, 0.1) is 0 Å². The molecule has 0 bridgehead atoms. The average molecular weight is 572 g/mol. The standard InChI is InChI=1S/C20H19P.C2HF6NO4S2/c21-16-20(17-10-4-1-5-11-17,18-12-6-2-7-13-18)19-14-8-3-9-15-19;3-1(4,5)14(10,11)9-15(12,13)2(6,7)8/h1-15H,16,21H2;9H. The summed E-state index contributed by atoms with van der Waals surface area (Å²) >= 11 is 0. The molecule has 1 unspecified atom stereocenters. The van der Waals surface area contributed by atoms with Gasteiger partial charge in [0.25, 0.3) is 0 Å². The zero-order chi connectivity index (χ0) is 27.3. The quantitative estimate of drug-likeness (QED) is 0.252. The van der Waals surface area contributed by atoms with Crippen LogP contribution in [0.3, 0.4) is 0 Å². The molecule has 3 aromatic rings. The lowest BCUT2D eigenvalue weighted by Crippen LogP contribution is -2.45. The van der Waals surface area contributed by atoms with Gasteiger partial charge in [-0.05, 0) is 22.9 Å². The van der Waals surface area contributed by atoms with E-state index in [1.54, 1.807) is 0 Å². The summed E-state index contributed by atoms with van der Waals surface area (Å²) in [7, 11) is -10.3. The third kappa shape index (κ3) is 6.64. The van der Waals surface area contributed by atoms with Crippen molar-refractivity contribution in [1.29, 1.82) is 0 Å². The molecule has 0 radical (unpaired) electrons. The molecule has 1 N–H and O–H groups in total. The maximum atomic E-state index is 11.5. The van der Waals surface area contributed by atoms with Gasteiger partial charge < -0.3 is 0 Å². The predicted octanol–water partition coefficient (Wildman–Crippen LogP) is 5.17. The highest BCUT2D eigenvalue weighted by molar-refractivity contribution is 8.05. The third-order valence-electron chi connectivity index (χ3n) is 4.93. The van der Waals surface area contributed by atoms with Gasteiger partial charge in [-0.1, -0.05) is 95.1 Å². The number of nitrogens with one attached hydrogen (secondary N) is 1. The lowest BCUT2D eigenvalue weighted by molar-refractivity contribution is -0.0476. The molecule has 0 aliphatic heterocycles. The number of rotatable bonds is 6. The van der Waals surface area contributed by atoms with E-state index in [1.165, 1.54) is 16.7 Å². The lowest BCUT2D eigenvalue weighted by Gasteiger charge is -2.35. The average Bonchev–Trinajstić information content (AvgIpc) is 2.80. The van der Waals surface area contributed by atoms with Crippen LogP contribution in [0.5, 0.6) is 0 Å². The first kappa shape index (κ1) is 29.8. The Labute approximate surface area is 206 Å². The number of benzene rings is 3. The number of hydrogen-bond donors (Lipinski definition) is 1. The van der Waals surface area contributed by atoms with Crippen LogP contribution in [-0.2, 0) is 25.5 Å². The zero-order valence-electron chi connectivity index (χ0n) is 18.2. The summed E-state index contributed by atoms with van der Waals surface area (Å²) in [6, 6.07) is 32.3. The first-order valence-corrected chi connectivity index (χ1v) is 13.6. The van der Waals surface area contributed by atoms with Crippen LogP contribution >= 0.6 is 9.24 Å². The van der Waals surface area contributed by atoms with Gasteiger partial charge in [0.05, 0.1) is 0 Å². The highest BCUT2D eigenvalue weighted by Crippen LogP contribution is 2.40. The van der Waals surface area contributed by atoms with Gasteiger partial charge in [-0.25, -0.2) is 16.8 Å². The maximum Gasteiger partial charge on any atom is 0.512 e. The molecule has 0 aliphatic carbocycles. The Morgan fingerprint density at radius 3 is 1.00 bits per heavy atom. The van der Waals surface area contributed by atoms with E-state index in [0.717, 1.165) is 6.16 Å². The third-order valence-corrected chi connectivity index (χ3v) is 8.52. The first-order chi connectivity index (χ1) is 16.6. The van der Waals surface area contributed by atoms with E-state index in [2.05, 4.69) is 100 Å². The fraction of sp³-hybridized carbons (Fsp3) is 0.182. The monoisotopic (exact) mass is 571 g/mol. The minimum absolute atomic E-state index is 0.117. The van der Waals surface area contributed by atoms with Crippen LogP contribution in [0.1, 0.15) is 16.7 Å². The van der Waals surface area contributed by atoms with Crippen molar-refractivity contribution in [3.8, 4) is 0 Å². The van der Waals surface area contributed by atoms with E-state index >= 15 is 0 Å². The number of alkyl halides is 6. The smallest absolute Gasteiger partial charge is 0.202 e. The molecular weight excluding hydrogens is 551 g/mol. The van der Waals surface area contributed by atoms with E-state index in [-0.39, 0.29) is 5.41 Å². The van der Waals surface area contributed by atoms with E-state index < -0.39 is 35.2 Å². The van der Waals surface area contributed by atoms with Crippen LogP contribution in [0.25, 0.3) is 0 Å². The number of halogens is 6. The normalized spacial score (nSPS) is 13.0. The Bertz CT molecular complexity index is 1200. The number of hydrogen-bond acceptors (Lipinski definition) is 4. The highest BCUT2D eigenvalue weighted by Gasteiger charge is 2.55. The fourth-order valence-electron chi connectivity index (χ4n) is 3.26. The molecule has 3 rings (SSSR count). The van der Waals surface area contributed by atoms with Gasteiger partial charge in [0.15, 0.2) is 0 Å². The van der Waals surface area contributed by atoms with Gasteiger partial charge in [0.2, 0.25) is 0 Å². The van der Waals surface area contributed by atoms with E-state index in [4.69, 9.17) is 0 Å². The van der Waals surface area contributed by atoms with Gasteiger partial charge in [-0.15, -0.1) is 9.24 Å². The molecule has 5 nitrogen and oxygen atoms in total. The Morgan fingerprint density at radius 2 is 0.806 bits per heavy atom. The van der Waals surface area contributed by atoms with Gasteiger partial charge in [-0.3, -0.25) is 0 Å². The van der Waals surface area contributed by atoms with Crippen molar-refractivity contribution in [2.45, 2.75) is 16.4 Å². The second-order valence-corrected chi connectivity index (χ2v) is 11.2. The molecule has 0 spiro atoms. The van der Waals surface area contributed by atoms with Crippen LogP contribution in [0.4, 0.5) is 26.3 Å². The fourth-order valence-corrected chi connectivity index (χ4v) is 5.88. The molecule has 14 heteroatoms. The summed E-state index contributed by atoms with van der Waals surface area (Å²) < 4.78 is 108. The largest absolute Gasteiger partial charge is 0.512 e. The summed E-state index contributed by atoms with van der Waals surface area (Å²) in [5.41, 5.74) is -8.42. The molecule has 1 atom stereocenters. The molecule has 0 saturated heterocycles. The number of sulfonamides is 2. The summed E-state index contributed by atoms with van der Waals surface area (Å²) in [5.74, 6) is 0. The Morgan fingerprint density at radius 1 is 0.556 bits per heavy atom. The summed E-state index contributed by atoms with van der Waals surface area (Å²) in [5, 5.41) is 0. The minimum Gasteiger partial charge on any atom is -0.202 e. The van der Waals surface area contributed by atoms with E-state index in [1.807, 2.05) is 0 Å². The van der Waals surface area contributed by atoms with Gasteiger partial charge in [-0.2, -0.15) is 26.3 Å². The predicted molar refractivity (Wildman–Crippen MR) is 127 cm³/mol. The summed E-state index contributed by atoms with van der Waals surface area (Å²) in [6.45, 7) is 0. The maximum absolute atomic E-state index is 11.5. The molecular formula is C22H20F6NO4PS2. The van der Waals surface area contributed by atoms with E-state index in [0.29, 0.717) is 0 Å². The topological polar surface area (TPSA) is 80.3 Å². The highest BCUT2D eigenvalue weighted by atomic mass is 32.3. The Balaban J connectivity index is 0.000000271. The van der Waals surface area contributed by atoms with Crippen molar-refractivity contribution < 1.29 is 43.2 Å². The first-order valence-electron chi connectivity index (χ1n) is 9.86. The van der Waals surface area contributed by atoms with Crippen LogP contribution in [0.15, 0.2) is 91.0 Å². The second kappa shape index (κ2) is 11.3. The molecule has 0 fully saturated rings. The molecule has 0 amide bonds. The van der Waals surface area contributed by atoms with Crippen molar-refractivity contribution in [1.82, 2.24) is 4.13 Å². The van der Waals surface area contributed by atoms with Crippen molar-refractivity contribution in [2.24, 2.45) is 0 Å². The van der Waals surface area contributed by atoms with Gasteiger partial charge >= 0.3 is 31.1 Å². The van der Waals surface area contributed by atoms with Crippen molar-refractivity contribution in [3.05, 3.63) is 108 Å². The molecule has 36 heavy (non-hydrogen) atoms. The summed E-state index contributed by atoms with van der Waals surface area (Å²) in [6.07, 6.45) is 0.949. The molecule has 0 aromatic heterocycles. The molecule has 0 aliphatic rings. The van der Waals surface area contributed by atoms with Gasteiger partial charge in [0, 0.05) is 5.41 Å². The zero-order valence-corrected chi connectivity index (χ0v) is 20.9. The van der Waals surface area contributed by atoms with E-state index in [9.17, 15) is 43.2 Å². The van der Waals surface area contributed by atoms with Crippen LogP contribution in [0.2, 0.25) is 0 Å². The SMILES string of the molecule is O=S(=O)(NS(=O)(=O)C(F)(F)F)C(F)(F)F.PCC(c1ccccc1)(c1ccccc1)c1ccccc1. The summed E-state index contributed by atoms with van der Waals surface area (Å²) in [4.78, 5) is 0. The van der Waals surface area contributed by atoms with Crippen LogP contribution < -0.4 is 4.13 Å². The minimum atomic E-state index is -6.60. The Kier molecular flexibility index (Phi) is 9.33. The molecule has 0 saturated carbocycles. The molecule has 196 valence electrons. The van der Waals surface area contributed by atoms with Gasteiger partial charge in [0.1, 0.15) is 0 Å². The van der Waals surface area contributed by atoms with Crippen molar-refractivity contribution >= 4 is 29.3 Å².